The highest BCUT2D eigenvalue weighted by molar-refractivity contribution is 5.23. The van der Waals surface area contributed by atoms with Gasteiger partial charge in [0.25, 0.3) is 0 Å². The average molecular weight is 216 g/mol. The van der Waals surface area contributed by atoms with Gasteiger partial charge in [-0.3, -0.25) is 0 Å². The van der Waals surface area contributed by atoms with Crippen LogP contribution in [0, 0.1) is 5.92 Å². The van der Waals surface area contributed by atoms with Gasteiger partial charge in [-0.25, -0.2) is 0 Å². The molecule has 0 fully saturated rings. The van der Waals surface area contributed by atoms with E-state index < -0.39 is 0 Å². The molecule has 0 saturated heterocycles. The van der Waals surface area contributed by atoms with Crippen molar-refractivity contribution in [3.8, 4) is 0 Å². The van der Waals surface area contributed by atoms with Crippen molar-refractivity contribution in [3.05, 3.63) is 48.0 Å². The van der Waals surface area contributed by atoms with Crippen molar-refractivity contribution in [2.45, 2.75) is 46.0 Å². The molecule has 0 nitrogen and oxygen atoms in total. The molecule has 0 heteroatoms. The zero-order valence-corrected chi connectivity index (χ0v) is 10.7. The maximum atomic E-state index is 3.93. The number of rotatable bonds is 7. The lowest BCUT2D eigenvalue weighted by Crippen LogP contribution is -1.98. The van der Waals surface area contributed by atoms with Gasteiger partial charge in [0.1, 0.15) is 0 Å². The summed E-state index contributed by atoms with van der Waals surface area (Å²) in [6.45, 7) is 8.38. The Hall–Kier alpha value is -1.04. The summed E-state index contributed by atoms with van der Waals surface area (Å²) >= 11 is 0. The predicted octanol–water partition coefficient (Wildman–Crippen LogP) is 4.78. The number of hydrogen-bond acceptors (Lipinski definition) is 0. The zero-order chi connectivity index (χ0) is 11.8. The first-order valence-corrected chi connectivity index (χ1v) is 6.50. The molecule has 0 bridgehead atoms. The Kier molecular flexibility index (Phi) is 5.92. The van der Waals surface area contributed by atoms with E-state index in [4.69, 9.17) is 0 Å². The molecule has 1 aromatic rings. The molecule has 0 N–H and O–H groups in total. The minimum Gasteiger partial charge on any atom is -0.103 e. The summed E-state index contributed by atoms with van der Waals surface area (Å²) in [6, 6.07) is 8.97. The van der Waals surface area contributed by atoms with Gasteiger partial charge in [0.2, 0.25) is 0 Å². The first-order valence-electron chi connectivity index (χ1n) is 6.50. The van der Waals surface area contributed by atoms with Crippen LogP contribution in [0.25, 0.3) is 0 Å². The fraction of sp³-hybridized carbons (Fsp3) is 0.500. The molecule has 0 spiro atoms. The van der Waals surface area contributed by atoms with Crippen LogP contribution in [0.3, 0.4) is 0 Å². The molecule has 0 radical (unpaired) electrons. The van der Waals surface area contributed by atoms with Gasteiger partial charge in [-0.15, -0.1) is 6.58 Å². The van der Waals surface area contributed by atoms with Crippen molar-refractivity contribution in [2.75, 3.05) is 0 Å². The van der Waals surface area contributed by atoms with Crippen LogP contribution >= 0.6 is 0 Å². The third kappa shape index (κ3) is 4.22. The number of allylic oxidation sites excluding steroid dienone is 1. The lowest BCUT2D eigenvalue weighted by atomic mass is 9.95. The van der Waals surface area contributed by atoms with Crippen LogP contribution in [0.2, 0.25) is 0 Å². The van der Waals surface area contributed by atoms with Crippen molar-refractivity contribution in [1.82, 2.24) is 0 Å². The highest BCUT2D eigenvalue weighted by Gasteiger charge is 2.03. The Labute approximate surface area is 100 Å². The lowest BCUT2D eigenvalue weighted by molar-refractivity contribution is 0.538. The topological polar surface area (TPSA) is 0 Å². The molecule has 0 aliphatic carbocycles. The molecule has 1 rings (SSSR count). The highest BCUT2D eigenvalue weighted by atomic mass is 14.1. The monoisotopic (exact) mass is 216 g/mol. The van der Waals surface area contributed by atoms with Gasteiger partial charge in [-0.05, 0) is 42.7 Å². The molecule has 0 aliphatic heterocycles. The van der Waals surface area contributed by atoms with Gasteiger partial charge in [-0.2, -0.15) is 0 Å². The smallest absolute Gasteiger partial charge is 0.0233 e. The quantitative estimate of drug-likeness (QED) is 0.575. The number of hydrogen-bond donors (Lipinski definition) is 0. The van der Waals surface area contributed by atoms with E-state index in [-0.39, 0.29) is 0 Å². The van der Waals surface area contributed by atoms with Crippen molar-refractivity contribution < 1.29 is 0 Å². The Balaban J connectivity index is 2.49. The summed E-state index contributed by atoms with van der Waals surface area (Å²) in [6.07, 6.45) is 8.21. The highest BCUT2D eigenvalue weighted by Crippen LogP contribution is 2.16. The first kappa shape index (κ1) is 13.0. The second-order valence-corrected chi connectivity index (χ2v) is 4.50. The van der Waals surface area contributed by atoms with Crippen molar-refractivity contribution in [2.24, 2.45) is 5.92 Å². The standard InChI is InChI=1S/C16H24/c1-4-8-14(5-2)11-12-16-10-7-9-15(6-3)13-16/h5,7,9-10,13-14H,2,4,6,8,11-12H2,1,3H3. The molecular weight excluding hydrogens is 192 g/mol. The van der Waals surface area contributed by atoms with Crippen molar-refractivity contribution in [1.29, 1.82) is 0 Å². The van der Waals surface area contributed by atoms with E-state index in [9.17, 15) is 0 Å². The van der Waals surface area contributed by atoms with Crippen LogP contribution in [0.5, 0.6) is 0 Å². The molecule has 1 atom stereocenters. The van der Waals surface area contributed by atoms with E-state index in [1.807, 2.05) is 0 Å². The molecule has 0 amide bonds. The Morgan fingerprint density at radius 2 is 1.94 bits per heavy atom. The van der Waals surface area contributed by atoms with E-state index in [1.54, 1.807) is 0 Å². The van der Waals surface area contributed by atoms with Crippen LogP contribution in [0.4, 0.5) is 0 Å². The average Bonchev–Trinajstić information content (AvgIpc) is 2.34. The summed E-state index contributed by atoms with van der Waals surface area (Å²) in [5.74, 6) is 0.690. The second-order valence-electron chi connectivity index (χ2n) is 4.50. The maximum absolute atomic E-state index is 3.93. The van der Waals surface area contributed by atoms with E-state index in [1.165, 1.54) is 36.8 Å². The molecule has 0 heterocycles. The summed E-state index contributed by atoms with van der Waals surface area (Å²) in [5, 5.41) is 0. The van der Waals surface area contributed by atoms with E-state index >= 15 is 0 Å². The van der Waals surface area contributed by atoms with E-state index in [0.29, 0.717) is 5.92 Å². The van der Waals surface area contributed by atoms with Crippen LogP contribution in [0.1, 0.15) is 44.2 Å². The van der Waals surface area contributed by atoms with Gasteiger partial charge in [-0.1, -0.05) is 50.6 Å². The molecule has 16 heavy (non-hydrogen) atoms. The molecule has 0 aromatic heterocycles. The van der Waals surface area contributed by atoms with Gasteiger partial charge < -0.3 is 0 Å². The normalized spacial score (nSPS) is 12.4. The summed E-state index contributed by atoms with van der Waals surface area (Å²) in [7, 11) is 0. The number of benzene rings is 1. The minimum atomic E-state index is 0.690. The van der Waals surface area contributed by atoms with Crippen LogP contribution in [-0.2, 0) is 12.8 Å². The Morgan fingerprint density at radius 1 is 1.19 bits per heavy atom. The van der Waals surface area contributed by atoms with Crippen molar-refractivity contribution >= 4 is 0 Å². The van der Waals surface area contributed by atoms with Gasteiger partial charge in [0, 0.05) is 0 Å². The van der Waals surface area contributed by atoms with Crippen molar-refractivity contribution in [3.63, 3.8) is 0 Å². The van der Waals surface area contributed by atoms with E-state index in [0.717, 1.165) is 6.42 Å². The third-order valence-electron chi connectivity index (χ3n) is 3.20. The maximum Gasteiger partial charge on any atom is -0.0233 e. The van der Waals surface area contributed by atoms with E-state index in [2.05, 4.69) is 50.8 Å². The largest absolute Gasteiger partial charge is 0.103 e. The zero-order valence-electron chi connectivity index (χ0n) is 10.7. The minimum absolute atomic E-state index is 0.690. The van der Waals surface area contributed by atoms with Gasteiger partial charge >= 0.3 is 0 Å². The van der Waals surface area contributed by atoms with Crippen LogP contribution in [0.15, 0.2) is 36.9 Å². The third-order valence-corrected chi connectivity index (χ3v) is 3.20. The fourth-order valence-corrected chi connectivity index (χ4v) is 2.11. The molecule has 0 saturated carbocycles. The second kappa shape index (κ2) is 7.27. The van der Waals surface area contributed by atoms with Gasteiger partial charge in [0.15, 0.2) is 0 Å². The molecule has 0 aliphatic rings. The fourth-order valence-electron chi connectivity index (χ4n) is 2.11. The number of aryl methyl sites for hydroxylation is 2. The molecular formula is C16H24. The molecule has 1 aromatic carbocycles. The van der Waals surface area contributed by atoms with Gasteiger partial charge in [0.05, 0.1) is 0 Å². The summed E-state index contributed by atoms with van der Waals surface area (Å²) < 4.78 is 0. The predicted molar refractivity (Wildman–Crippen MR) is 72.7 cm³/mol. The Morgan fingerprint density at radius 3 is 2.56 bits per heavy atom. The first-order chi connectivity index (χ1) is 7.80. The van der Waals surface area contributed by atoms with Crippen LogP contribution in [-0.4, -0.2) is 0 Å². The summed E-state index contributed by atoms with van der Waals surface area (Å²) in [4.78, 5) is 0. The Bertz CT molecular complexity index is 312. The van der Waals surface area contributed by atoms with Crippen LogP contribution < -0.4 is 0 Å². The SMILES string of the molecule is C=CC(CCC)CCc1cccc(CC)c1. The molecule has 88 valence electrons. The lowest BCUT2D eigenvalue weighted by Gasteiger charge is -2.11. The summed E-state index contributed by atoms with van der Waals surface area (Å²) in [5.41, 5.74) is 2.92. The molecule has 1 unspecified atom stereocenters.